The normalized spacial score (nSPS) is 9.90. The van der Waals surface area contributed by atoms with Gasteiger partial charge in [-0.05, 0) is 38.8 Å². The lowest BCUT2D eigenvalue weighted by molar-refractivity contribution is 0.101. The Labute approximate surface area is 79.7 Å². The Kier molecular flexibility index (Phi) is 2.66. The minimum absolute atomic E-state index is 0.0915. The average Bonchev–Trinajstić information content (AvgIpc) is 2.14. The van der Waals surface area contributed by atoms with Crippen LogP contribution in [0.2, 0.25) is 0 Å². The molecule has 0 bridgehead atoms. The third-order valence-electron chi connectivity index (χ3n) is 1.07. The van der Waals surface area contributed by atoms with Crippen molar-refractivity contribution in [3.63, 3.8) is 0 Å². The van der Waals surface area contributed by atoms with E-state index in [4.69, 9.17) is 0 Å². The van der Waals surface area contributed by atoms with Gasteiger partial charge in [0.1, 0.15) is 0 Å². The summed E-state index contributed by atoms with van der Waals surface area (Å²) in [6, 6.07) is 0. The molecule has 1 rings (SSSR count). The Morgan fingerprint density at radius 1 is 1.60 bits per heavy atom. The van der Waals surface area contributed by atoms with Crippen molar-refractivity contribution in [3.8, 4) is 0 Å². The van der Waals surface area contributed by atoms with E-state index in [-0.39, 0.29) is 5.78 Å². The van der Waals surface area contributed by atoms with Gasteiger partial charge < -0.3 is 0 Å². The molecule has 0 fully saturated rings. The van der Waals surface area contributed by atoms with Gasteiger partial charge in [0, 0.05) is 10.9 Å². The highest BCUT2D eigenvalue weighted by Crippen LogP contribution is 2.33. The van der Waals surface area contributed by atoms with Crippen molar-refractivity contribution >= 4 is 49.0 Å². The number of thiophene rings is 1. The van der Waals surface area contributed by atoms with Gasteiger partial charge in [0.25, 0.3) is 0 Å². The summed E-state index contributed by atoms with van der Waals surface area (Å²) in [4.78, 5) is 10.8. The van der Waals surface area contributed by atoms with E-state index >= 15 is 0 Å². The van der Waals surface area contributed by atoms with Crippen molar-refractivity contribution in [1.82, 2.24) is 0 Å². The molecule has 1 heterocycles. The van der Waals surface area contributed by atoms with Crippen LogP contribution >= 0.6 is 43.2 Å². The standard InChI is InChI=1S/C6H4Br2OS/c1-3(9)4-2-10-6(8)5(4)7/h2H,1H3. The van der Waals surface area contributed by atoms with E-state index in [2.05, 4.69) is 31.9 Å². The highest BCUT2D eigenvalue weighted by molar-refractivity contribution is 9.13. The summed E-state index contributed by atoms with van der Waals surface area (Å²) >= 11 is 8.11. The molecule has 0 radical (unpaired) electrons. The average molecular weight is 284 g/mol. The van der Waals surface area contributed by atoms with Crippen LogP contribution in [0.5, 0.6) is 0 Å². The van der Waals surface area contributed by atoms with Crippen LogP contribution in [0.15, 0.2) is 13.6 Å². The molecule has 0 aliphatic carbocycles. The lowest BCUT2D eigenvalue weighted by atomic mass is 10.2. The minimum Gasteiger partial charge on any atom is -0.294 e. The smallest absolute Gasteiger partial charge is 0.161 e. The van der Waals surface area contributed by atoms with E-state index in [9.17, 15) is 4.79 Å². The number of hydrogen-bond acceptors (Lipinski definition) is 2. The molecule has 0 N–H and O–H groups in total. The first kappa shape index (κ1) is 8.43. The highest BCUT2D eigenvalue weighted by Gasteiger charge is 2.09. The molecule has 10 heavy (non-hydrogen) atoms. The summed E-state index contributed by atoms with van der Waals surface area (Å²) in [7, 11) is 0. The first-order valence-corrected chi connectivity index (χ1v) is 5.03. The minimum atomic E-state index is 0.0915. The Morgan fingerprint density at radius 3 is 2.40 bits per heavy atom. The number of carbonyl (C=O) groups is 1. The van der Waals surface area contributed by atoms with Crippen LogP contribution in [0.1, 0.15) is 17.3 Å². The zero-order chi connectivity index (χ0) is 7.72. The van der Waals surface area contributed by atoms with Crippen LogP contribution in [0.4, 0.5) is 0 Å². The second kappa shape index (κ2) is 3.15. The quantitative estimate of drug-likeness (QED) is 0.721. The van der Waals surface area contributed by atoms with Crippen LogP contribution < -0.4 is 0 Å². The van der Waals surface area contributed by atoms with Gasteiger partial charge in [-0.25, -0.2) is 0 Å². The van der Waals surface area contributed by atoms with Crippen LogP contribution in [0.3, 0.4) is 0 Å². The molecule has 1 aromatic rings. The molecule has 0 unspecified atom stereocenters. The van der Waals surface area contributed by atoms with Gasteiger partial charge in [-0.15, -0.1) is 11.3 Å². The predicted molar refractivity (Wildman–Crippen MR) is 49.7 cm³/mol. The molecule has 1 nitrogen and oxygen atoms in total. The van der Waals surface area contributed by atoms with Crippen LogP contribution in [-0.4, -0.2) is 5.78 Å². The van der Waals surface area contributed by atoms with Gasteiger partial charge >= 0.3 is 0 Å². The van der Waals surface area contributed by atoms with Gasteiger partial charge in [-0.3, -0.25) is 4.79 Å². The molecular formula is C6H4Br2OS. The number of halogens is 2. The maximum atomic E-state index is 10.8. The molecule has 0 spiro atoms. The van der Waals surface area contributed by atoms with Crippen molar-refractivity contribution in [2.24, 2.45) is 0 Å². The van der Waals surface area contributed by atoms with Crippen molar-refractivity contribution in [2.75, 3.05) is 0 Å². The van der Waals surface area contributed by atoms with E-state index in [1.807, 2.05) is 5.38 Å². The fraction of sp³-hybridized carbons (Fsp3) is 0.167. The molecule has 0 saturated heterocycles. The molecule has 54 valence electrons. The number of hydrogen-bond donors (Lipinski definition) is 0. The van der Waals surface area contributed by atoms with Gasteiger partial charge in [0.05, 0.1) is 8.26 Å². The van der Waals surface area contributed by atoms with Crippen LogP contribution in [0.25, 0.3) is 0 Å². The third kappa shape index (κ3) is 1.49. The van der Waals surface area contributed by atoms with E-state index in [1.54, 1.807) is 6.92 Å². The predicted octanol–water partition coefficient (Wildman–Crippen LogP) is 3.48. The van der Waals surface area contributed by atoms with Crippen molar-refractivity contribution < 1.29 is 4.79 Å². The lowest BCUT2D eigenvalue weighted by Crippen LogP contribution is -1.88. The zero-order valence-electron chi connectivity index (χ0n) is 5.15. The maximum Gasteiger partial charge on any atom is 0.161 e. The van der Waals surface area contributed by atoms with E-state index in [0.29, 0.717) is 0 Å². The van der Waals surface area contributed by atoms with Gasteiger partial charge in [0.15, 0.2) is 5.78 Å². The SMILES string of the molecule is CC(=O)c1csc(Br)c1Br. The molecular weight excluding hydrogens is 280 g/mol. The largest absolute Gasteiger partial charge is 0.294 e. The Morgan fingerprint density at radius 2 is 2.20 bits per heavy atom. The Hall–Kier alpha value is 0.330. The van der Waals surface area contributed by atoms with Crippen molar-refractivity contribution in [3.05, 3.63) is 19.2 Å². The molecule has 0 amide bonds. The topological polar surface area (TPSA) is 17.1 Å². The van der Waals surface area contributed by atoms with Gasteiger partial charge in [0.2, 0.25) is 0 Å². The molecule has 0 atom stereocenters. The molecule has 0 saturated carbocycles. The van der Waals surface area contributed by atoms with Gasteiger partial charge in [-0.2, -0.15) is 0 Å². The zero-order valence-corrected chi connectivity index (χ0v) is 9.14. The number of ketones is 1. The maximum absolute atomic E-state index is 10.8. The summed E-state index contributed by atoms with van der Waals surface area (Å²) in [6.07, 6.45) is 0. The third-order valence-corrected chi connectivity index (χ3v) is 4.41. The molecule has 1 aromatic heterocycles. The fourth-order valence-corrected chi connectivity index (χ4v) is 2.60. The highest BCUT2D eigenvalue weighted by atomic mass is 79.9. The molecule has 0 aromatic carbocycles. The summed E-state index contributed by atoms with van der Waals surface area (Å²) in [5, 5.41) is 1.83. The molecule has 4 heteroatoms. The number of Topliss-reactive ketones (excluding diaryl/α,β-unsaturated/α-hetero) is 1. The Bertz CT molecular complexity index is 267. The fourth-order valence-electron chi connectivity index (χ4n) is 0.558. The lowest BCUT2D eigenvalue weighted by Gasteiger charge is -1.88. The summed E-state index contributed by atoms with van der Waals surface area (Å²) in [6.45, 7) is 1.55. The molecule has 0 aliphatic heterocycles. The second-order valence-corrected chi connectivity index (χ2v) is 4.78. The number of carbonyl (C=O) groups excluding carboxylic acids is 1. The van der Waals surface area contributed by atoms with Crippen molar-refractivity contribution in [2.45, 2.75) is 6.92 Å². The second-order valence-electron chi connectivity index (χ2n) is 1.79. The summed E-state index contributed by atoms with van der Waals surface area (Å²) < 4.78 is 1.84. The van der Waals surface area contributed by atoms with E-state index in [0.717, 1.165) is 13.8 Å². The number of rotatable bonds is 1. The van der Waals surface area contributed by atoms with E-state index in [1.165, 1.54) is 11.3 Å². The van der Waals surface area contributed by atoms with Crippen LogP contribution in [0, 0.1) is 0 Å². The van der Waals surface area contributed by atoms with E-state index < -0.39 is 0 Å². The monoisotopic (exact) mass is 282 g/mol. The Balaban J connectivity index is 3.17. The van der Waals surface area contributed by atoms with Crippen molar-refractivity contribution in [1.29, 1.82) is 0 Å². The first-order chi connectivity index (χ1) is 4.63. The summed E-state index contributed by atoms with van der Waals surface area (Å²) in [5.74, 6) is 0.0915. The van der Waals surface area contributed by atoms with Gasteiger partial charge in [-0.1, -0.05) is 0 Å². The summed E-state index contributed by atoms with van der Waals surface area (Å²) in [5.41, 5.74) is 0.747. The molecule has 0 aliphatic rings. The first-order valence-electron chi connectivity index (χ1n) is 2.56. The van der Waals surface area contributed by atoms with Crippen LogP contribution in [-0.2, 0) is 0 Å².